The zero-order valence-electron chi connectivity index (χ0n) is 10.6. The van der Waals surface area contributed by atoms with Crippen molar-refractivity contribution in [3.05, 3.63) is 41.1 Å². The first kappa shape index (κ1) is 13.4. The minimum atomic E-state index is -0.964. The lowest BCUT2D eigenvalue weighted by Crippen LogP contribution is -2.05. The Kier molecular flexibility index (Phi) is 4.01. The van der Waals surface area contributed by atoms with Crippen molar-refractivity contribution in [3.63, 3.8) is 0 Å². The summed E-state index contributed by atoms with van der Waals surface area (Å²) in [5.41, 5.74) is 1.73. The van der Waals surface area contributed by atoms with Gasteiger partial charge in [0.05, 0.1) is 12.8 Å². The molecule has 1 heterocycles. The molecule has 2 aromatic rings. The molecule has 5 nitrogen and oxygen atoms in total. The molecule has 0 unspecified atom stereocenters. The highest BCUT2D eigenvalue weighted by Gasteiger charge is 2.17. The van der Waals surface area contributed by atoms with E-state index in [1.807, 2.05) is 24.3 Å². The SMILES string of the molecule is COc1ccccc1CNc1snc(C)c1C(=O)O. The fourth-order valence-electron chi connectivity index (χ4n) is 1.77. The monoisotopic (exact) mass is 278 g/mol. The highest BCUT2D eigenvalue weighted by atomic mass is 32.1. The van der Waals surface area contributed by atoms with Crippen LogP contribution in [0.4, 0.5) is 5.00 Å². The Hall–Kier alpha value is -2.08. The van der Waals surface area contributed by atoms with E-state index in [0.717, 1.165) is 22.8 Å². The van der Waals surface area contributed by atoms with E-state index in [1.165, 1.54) is 0 Å². The van der Waals surface area contributed by atoms with Gasteiger partial charge in [0.25, 0.3) is 0 Å². The van der Waals surface area contributed by atoms with Crippen LogP contribution in [-0.2, 0) is 6.54 Å². The van der Waals surface area contributed by atoms with Crippen molar-refractivity contribution >= 4 is 22.5 Å². The quantitative estimate of drug-likeness (QED) is 0.880. The Morgan fingerprint density at radius 3 is 2.89 bits per heavy atom. The molecule has 1 aromatic carbocycles. The molecule has 0 spiro atoms. The molecule has 6 heteroatoms. The Bertz CT molecular complexity index is 595. The summed E-state index contributed by atoms with van der Waals surface area (Å²) in [6.45, 7) is 2.18. The molecule has 0 atom stereocenters. The molecular formula is C13H14N2O3S. The molecule has 2 rings (SSSR count). The summed E-state index contributed by atoms with van der Waals surface area (Å²) in [5, 5.41) is 12.8. The third kappa shape index (κ3) is 2.85. The minimum Gasteiger partial charge on any atom is -0.496 e. The molecule has 1 aromatic heterocycles. The van der Waals surface area contributed by atoms with Gasteiger partial charge in [0.1, 0.15) is 16.3 Å². The second-order valence-electron chi connectivity index (χ2n) is 3.94. The van der Waals surface area contributed by atoms with Gasteiger partial charge in [-0.25, -0.2) is 4.79 Å². The molecule has 0 aliphatic heterocycles. The van der Waals surface area contributed by atoms with Crippen LogP contribution in [0.5, 0.6) is 5.75 Å². The molecule has 2 N–H and O–H groups in total. The summed E-state index contributed by atoms with van der Waals surface area (Å²) in [5.74, 6) is -0.193. The van der Waals surface area contributed by atoms with E-state index in [2.05, 4.69) is 9.69 Å². The van der Waals surface area contributed by atoms with Crippen molar-refractivity contribution in [2.45, 2.75) is 13.5 Å². The van der Waals surface area contributed by atoms with Gasteiger partial charge in [-0.05, 0) is 24.5 Å². The number of nitrogens with one attached hydrogen (secondary N) is 1. The average Bonchev–Trinajstić information content (AvgIpc) is 2.78. The summed E-state index contributed by atoms with van der Waals surface area (Å²) in [4.78, 5) is 11.1. The number of anilines is 1. The number of carbonyl (C=O) groups is 1. The summed E-state index contributed by atoms with van der Waals surface area (Å²) in [7, 11) is 1.61. The van der Waals surface area contributed by atoms with Crippen LogP contribution in [0.15, 0.2) is 24.3 Å². The number of para-hydroxylation sites is 1. The molecule has 0 bridgehead atoms. The third-order valence-corrected chi connectivity index (χ3v) is 3.60. The van der Waals surface area contributed by atoms with Crippen LogP contribution >= 0.6 is 11.5 Å². The van der Waals surface area contributed by atoms with Crippen molar-refractivity contribution in [1.82, 2.24) is 4.37 Å². The Labute approximate surface area is 115 Å². The Morgan fingerprint density at radius 2 is 2.21 bits per heavy atom. The fraction of sp³-hybridized carbons (Fsp3) is 0.231. The second kappa shape index (κ2) is 5.71. The van der Waals surface area contributed by atoms with Gasteiger partial charge in [0.2, 0.25) is 0 Å². The van der Waals surface area contributed by atoms with E-state index in [9.17, 15) is 4.79 Å². The first-order valence-corrected chi connectivity index (χ1v) is 6.46. The van der Waals surface area contributed by atoms with Gasteiger partial charge in [-0.2, -0.15) is 4.37 Å². The Balaban J connectivity index is 2.17. The maximum Gasteiger partial charge on any atom is 0.340 e. The van der Waals surface area contributed by atoms with Crippen molar-refractivity contribution in [3.8, 4) is 5.75 Å². The minimum absolute atomic E-state index is 0.236. The molecule has 0 aliphatic rings. The molecular weight excluding hydrogens is 264 g/mol. The topological polar surface area (TPSA) is 71.5 Å². The zero-order valence-corrected chi connectivity index (χ0v) is 11.5. The number of aromatic carboxylic acids is 1. The first-order chi connectivity index (χ1) is 9.13. The highest BCUT2D eigenvalue weighted by Crippen LogP contribution is 2.26. The number of ether oxygens (including phenoxy) is 1. The van der Waals surface area contributed by atoms with Crippen LogP contribution in [0.3, 0.4) is 0 Å². The number of benzene rings is 1. The van der Waals surface area contributed by atoms with E-state index in [1.54, 1.807) is 14.0 Å². The number of carboxylic acid groups (broad SMARTS) is 1. The van der Waals surface area contributed by atoms with Gasteiger partial charge in [0, 0.05) is 12.1 Å². The number of hydrogen-bond donors (Lipinski definition) is 2. The van der Waals surface area contributed by atoms with Crippen molar-refractivity contribution in [2.24, 2.45) is 0 Å². The zero-order chi connectivity index (χ0) is 13.8. The van der Waals surface area contributed by atoms with Crippen molar-refractivity contribution in [1.29, 1.82) is 0 Å². The number of aromatic nitrogens is 1. The number of carboxylic acids is 1. The molecule has 0 amide bonds. The van der Waals surface area contributed by atoms with Gasteiger partial charge < -0.3 is 15.2 Å². The van der Waals surface area contributed by atoms with Gasteiger partial charge in [-0.3, -0.25) is 0 Å². The number of hydrogen-bond acceptors (Lipinski definition) is 5. The van der Waals surface area contributed by atoms with Crippen LogP contribution < -0.4 is 10.1 Å². The lowest BCUT2D eigenvalue weighted by Gasteiger charge is -2.09. The molecule has 0 aliphatic carbocycles. The molecule has 0 saturated heterocycles. The predicted molar refractivity (Wildman–Crippen MR) is 74.1 cm³/mol. The first-order valence-electron chi connectivity index (χ1n) is 5.68. The van der Waals surface area contributed by atoms with Crippen LogP contribution in [0, 0.1) is 6.92 Å². The molecule has 0 fully saturated rings. The van der Waals surface area contributed by atoms with Crippen molar-refractivity contribution < 1.29 is 14.6 Å². The Morgan fingerprint density at radius 1 is 1.47 bits per heavy atom. The van der Waals surface area contributed by atoms with Gasteiger partial charge in [-0.15, -0.1) is 0 Å². The van der Waals surface area contributed by atoms with E-state index in [4.69, 9.17) is 9.84 Å². The number of aryl methyl sites for hydroxylation is 1. The standard InChI is InChI=1S/C13H14N2O3S/c1-8-11(13(16)17)12(19-15-8)14-7-9-5-3-4-6-10(9)18-2/h3-6,14H,7H2,1-2H3,(H,16,17). The van der Waals surface area contributed by atoms with Gasteiger partial charge in [0.15, 0.2) is 0 Å². The molecule has 100 valence electrons. The lowest BCUT2D eigenvalue weighted by molar-refractivity contribution is 0.0697. The fourth-order valence-corrected chi connectivity index (χ4v) is 2.55. The summed E-state index contributed by atoms with van der Waals surface area (Å²) in [6.07, 6.45) is 0. The maximum atomic E-state index is 11.1. The third-order valence-electron chi connectivity index (χ3n) is 2.71. The van der Waals surface area contributed by atoms with E-state index in [0.29, 0.717) is 17.2 Å². The average molecular weight is 278 g/mol. The number of methoxy groups -OCH3 is 1. The predicted octanol–water partition coefficient (Wildman–Crippen LogP) is 2.77. The molecule has 0 saturated carbocycles. The molecule has 19 heavy (non-hydrogen) atoms. The summed E-state index contributed by atoms with van der Waals surface area (Å²) < 4.78 is 9.31. The second-order valence-corrected chi connectivity index (χ2v) is 4.72. The number of nitrogens with zero attached hydrogens (tertiary/aromatic N) is 1. The normalized spacial score (nSPS) is 10.2. The largest absolute Gasteiger partial charge is 0.496 e. The highest BCUT2D eigenvalue weighted by molar-refractivity contribution is 7.10. The summed E-state index contributed by atoms with van der Waals surface area (Å²) in [6, 6.07) is 7.60. The van der Waals surface area contributed by atoms with Crippen LogP contribution in [0.1, 0.15) is 21.6 Å². The van der Waals surface area contributed by atoms with E-state index < -0.39 is 5.97 Å². The number of rotatable bonds is 5. The van der Waals surface area contributed by atoms with Crippen molar-refractivity contribution in [2.75, 3.05) is 12.4 Å². The van der Waals surface area contributed by atoms with Crippen LogP contribution in [0.2, 0.25) is 0 Å². The summed E-state index contributed by atoms with van der Waals surface area (Å²) >= 11 is 1.15. The van der Waals surface area contributed by atoms with Crippen LogP contribution in [-0.4, -0.2) is 22.6 Å². The van der Waals surface area contributed by atoms with E-state index >= 15 is 0 Å². The molecule has 0 radical (unpaired) electrons. The van der Waals surface area contributed by atoms with Crippen LogP contribution in [0.25, 0.3) is 0 Å². The smallest absolute Gasteiger partial charge is 0.340 e. The maximum absolute atomic E-state index is 11.1. The lowest BCUT2D eigenvalue weighted by atomic mass is 10.2. The van der Waals surface area contributed by atoms with E-state index in [-0.39, 0.29) is 5.56 Å². The van der Waals surface area contributed by atoms with Gasteiger partial charge in [-0.1, -0.05) is 18.2 Å². The van der Waals surface area contributed by atoms with Gasteiger partial charge >= 0.3 is 5.97 Å².